The Morgan fingerprint density at radius 3 is 2.70 bits per heavy atom. The highest BCUT2D eigenvalue weighted by molar-refractivity contribution is 7.15. The molecule has 1 aliphatic heterocycles. The number of anilines is 2. The molecule has 7 heteroatoms. The van der Waals surface area contributed by atoms with Crippen molar-refractivity contribution in [2.75, 3.05) is 16.8 Å². The molecule has 1 unspecified atom stereocenters. The van der Waals surface area contributed by atoms with Gasteiger partial charge < -0.3 is 10.2 Å². The van der Waals surface area contributed by atoms with Gasteiger partial charge in [0.05, 0.1) is 5.92 Å². The number of rotatable bonds is 8. The van der Waals surface area contributed by atoms with Crippen molar-refractivity contribution in [3.05, 3.63) is 34.8 Å². The maximum Gasteiger partial charge on any atom is 0.231 e. The van der Waals surface area contributed by atoms with E-state index in [1.165, 1.54) is 23.3 Å². The summed E-state index contributed by atoms with van der Waals surface area (Å²) in [7, 11) is 0. The van der Waals surface area contributed by atoms with Crippen molar-refractivity contribution in [1.82, 2.24) is 10.2 Å². The van der Waals surface area contributed by atoms with Crippen molar-refractivity contribution in [2.24, 2.45) is 5.92 Å². The Morgan fingerprint density at radius 1 is 1.22 bits per heavy atom. The lowest BCUT2D eigenvalue weighted by molar-refractivity contribution is -0.122. The summed E-state index contributed by atoms with van der Waals surface area (Å²) in [5.74, 6) is -0.542. The Kier molecular flexibility index (Phi) is 6.55. The van der Waals surface area contributed by atoms with Crippen LogP contribution in [0.2, 0.25) is 0 Å². The van der Waals surface area contributed by atoms with Crippen LogP contribution in [0, 0.1) is 5.92 Å². The SMILES string of the molecule is CCCCCc1nnc(NC(=O)C2CC(=O)N(c3ccc(CC)cc3)C2)s1. The molecule has 6 nitrogen and oxygen atoms in total. The number of hydrogen-bond donors (Lipinski definition) is 1. The largest absolute Gasteiger partial charge is 0.312 e. The molecule has 0 aliphatic carbocycles. The summed E-state index contributed by atoms with van der Waals surface area (Å²) in [6.07, 6.45) is 5.49. The summed E-state index contributed by atoms with van der Waals surface area (Å²) in [6.45, 7) is 4.66. The van der Waals surface area contributed by atoms with Crippen LogP contribution in [0.4, 0.5) is 10.8 Å². The van der Waals surface area contributed by atoms with Crippen LogP contribution in [0.25, 0.3) is 0 Å². The average molecular weight is 387 g/mol. The molecule has 1 N–H and O–H groups in total. The number of amides is 2. The summed E-state index contributed by atoms with van der Waals surface area (Å²) in [5.41, 5.74) is 2.08. The fraction of sp³-hybridized carbons (Fsp3) is 0.500. The van der Waals surface area contributed by atoms with Crippen molar-refractivity contribution in [3.8, 4) is 0 Å². The van der Waals surface area contributed by atoms with Crippen LogP contribution in [0.5, 0.6) is 0 Å². The number of aryl methyl sites for hydroxylation is 2. The summed E-state index contributed by atoms with van der Waals surface area (Å²) in [6, 6.07) is 7.95. The van der Waals surface area contributed by atoms with Crippen LogP contribution in [-0.2, 0) is 22.4 Å². The molecule has 0 radical (unpaired) electrons. The van der Waals surface area contributed by atoms with E-state index in [1.807, 2.05) is 24.3 Å². The van der Waals surface area contributed by atoms with Crippen LogP contribution in [0.1, 0.15) is 50.1 Å². The minimum atomic E-state index is -0.365. The molecule has 0 saturated carbocycles. The van der Waals surface area contributed by atoms with E-state index in [0.717, 1.165) is 36.4 Å². The van der Waals surface area contributed by atoms with Crippen molar-refractivity contribution < 1.29 is 9.59 Å². The molecular formula is C20H26N4O2S. The second-order valence-corrected chi connectivity index (χ2v) is 7.93. The Balaban J connectivity index is 1.57. The van der Waals surface area contributed by atoms with Gasteiger partial charge >= 0.3 is 0 Å². The number of carbonyl (C=O) groups is 2. The third-order valence-electron chi connectivity index (χ3n) is 4.84. The lowest BCUT2D eigenvalue weighted by Gasteiger charge is -2.17. The van der Waals surface area contributed by atoms with Gasteiger partial charge in [-0.3, -0.25) is 9.59 Å². The first kappa shape index (κ1) is 19.5. The van der Waals surface area contributed by atoms with Gasteiger partial charge in [0.15, 0.2) is 0 Å². The number of aromatic nitrogens is 2. The first-order valence-corrected chi connectivity index (χ1v) is 10.4. The molecule has 1 saturated heterocycles. The zero-order valence-electron chi connectivity index (χ0n) is 15.9. The maximum atomic E-state index is 12.6. The third kappa shape index (κ3) is 4.91. The fourth-order valence-corrected chi connectivity index (χ4v) is 3.97. The highest BCUT2D eigenvalue weighted by Gasteiger charge is 2.35. The van der Waals surface area contributed by atoms with Gasteiger partial charge in [-0.1, -0.05) is 50.2 Å². The minimum absolute atomic E-state index is 0.0167. The number of benzene rings is 1. The van der Waals surface area contributed by atoms with Crippen LogP contribution in [-0.4, -0.2) is 28.6 Å². The Hall–Kier alpha value is -2.28. The molecule has 144 valence electrons. The molecule has 3 rings (SSSR count). The zero-order valence-corrected chi connectivity index (χ0v) is 16.7. The standard InChI is InChI=1S/C20H26N4O2S/c1-3-5-6-7-17-22-23-20(27-17)21-19(26)15-12-18(25)24(13-15)16-10-8-14(4-2)9-11-16/h8-11,15H,3-7,12-13H2,1-2H3,(H,21,23,26). The zero-order chi connectivity index (χ0) is 19.2. The molecular weight excluding hydrogens is 360 g/mol. The molecule has 27 heavy (non-hydrogen) atoms. The van der Waals surface area contributed by atoms with Gasteiger partial charge in [0, 0.05) is 25.1 Å². The molecule has 2 heterocycles. The highest BCUT2D eigenvalue weighted by atomic mass is 32.1. The van der Waals surface area contributed by atoms with Crippen molar-refractivity contribution in [3.63, 3.8) is 0 Å². The molecule has 0 spiro atoms. The number of nitrogens with zero attached hydrogens (tertiary/aromatic N) is 3. The van der Waals surface area contributed by atoms with E-state index >= 15 is 0 Å². The summed E-state index contributed by atoms with van der Waals surface area (Å²) >= 11 is 1.42. The van der Waals surface area contributed by atoms with Gasteiger partial charge in [0.2, 0.25) is 16.9 Å². The predicted octanol–water partition coefficient (Wildman–Crippen LogP) is 3.82. The van der Waals surface area contributed by atoms with Gasteiger partial charge in [-0.15, -0.1) is 10.2 Å². The van der Waals surface area contributed by atoms with Crippen LogP contribution in [0.15, 0.2) is 24.3 Å². The molecule has 2 aromatic rings. The first-order valence-electron chi connectivity index (χ1n) is 9.63. The van der Waals surface area contributed by atoms with E-state index < -0.39 is 0 Å². The lowest BCUT2D eigenvalue weighted by Crippen LogP contribution is -2.28. The summed E-state index contributed by atoms with van der Waals surface area (Å²) < 4.78 is 0. The first-order chi connectivity index (χ1) is 13.1. The predicted molar refractivity (Wildman–Crippen MR) is 108 cm³/mol. The number of unbranched alkanes of at least 4 members (excludes halogenated alkanes) is 2. The minimum Gasteiger partial charge on any atom is -0.312 e. The molecule has 2 amide bonds. The number of nitrogens with one attached hydrogen (secondary N) is 1. The van der Waals surface area contributed by atoms with E-state index in [0.29, 0.717) is 11.7 Å². The van der Waals surface area contributed by atoms with E-state index in [-0.39, 0.29) is 24.2 Å². The van der Waals surface area contributed by atoms with E-state index in [9.17, 15) is 9.59 Å². The summed E-state index contributed by atoms with van der Waals surface area (Å²) in [4.78, 5) is 26.6. The van der Waals surface area contributed by atoms with Crippen LogP contribution < -0.4 is 10.2 Å². The Bertz CT molecular complexity index is 788. The van der Waals surface area contributed by atoms with Gasteiger partial charge in [0.1, 0.15) is 5.01 Å². The fourth-order valence-electron chi connectivity index (χ4n) is 3.18. The Labute approximate surface area is 164 Å². The molecule has 1 atom stereocenters. The second-order valence-electron chi connectivity index (χ2n) is 6.87. The quantitative estimate of drug-likeness (QED) is 0.700. The number of hydrogen-bond acceptors (Lipinski definition) is 5. The van der Waals surface area contributed by atoms with Crippen molar-refractivity contribution >= 4 is 34.0 Å². The molecule has 1 aromatic carbocycles. The third-order valence-corrected chi connectivity index (χ3v) is 5.74. The molecule has 0 bridgehead atoms. The molecule has 1 aliphatic rings. The Morgan fingerprint density at radius 2 is 2.00 bits per heavy atom. The van der Waals surface area contributed by atoms with Crippen LogP contribution >= 0.6 is 11.3 Å². The monoisotopic (exact) mass is 386 g/mol. The van der Waals surface area contributed by atoms with Crippen molar-refractivity contribution in [2.45, 2.75) is 52.4 Å². The topological polar surface area (TPSA) is 75.2 Å². The summed E-state index contributed by atoms with van der Waals surface area (Å²) in [5, 5.41) is 12.5. The maximum absolute atomic E-state index is 12.6. The normalized spacial score (nSPS) is 16.7. The van der Waals surface area contributed by atoms with Crippen molar-refractivity contribution in [1.29, 1.82) is 0 Å². The average Bonchev–Trinajstić information content (AvgIpc) is 3.28. The van der Waals surface area contributed by atoms with Gasteiger partial charge in [-0.2, -0.15) is 0 Å². The van der Waals surface area contributed by atoms with Gasteiger partial charge in [-0.25, -0.2) is 0 Å². The molecule has 1 fully saturated rings. The van der Waals surface area contributed by atoms with Gasteiger partial charge in [0.25, 0.3) is 0 Å². The van der Waals surface area contributed by atoms with E-state index in [1.54, 1.807) is 4.90 Å². The van der Waals surface area contributed by atoms with Gasteiger partial charge in [-0.05, 0) is 30.5 Å². The van der Waals surface area contributed by atoms with E-state index in [4.69, 9.17) is 0 Å². The van der Waals surface area contributed by atoms with E-state index in [2.05, 4.69) is 29.4 Å². The molecule has 1 aromatic heterocycles. The second kappa shape index (κ2) is 9.08. The highest BCUT2D eigenvalue weighted by Crippen LogP contribution is 2.27. The smallest absolute Gasteiger partial charge is 0.231 e. The lowest BCUT2D eigenvalue weighted by atomic mass is 10.1. The van der Waals surface area contributed by atoms with Crippen LogP contribution in [0.3, 0.4) is 0 Å². The number of carbonyl (C=O) groups excluding carboxylic acids is 2.